The number of para-hydroxylation sites is 2. The van der Waals surface area contributed by atoms with Gasteiger partial charge in [0, 0.05) is 49.1 Å². The van der Waals surface area contributed by atoms with Gasteiger partial charge >= 0.3 is 21.1 Å². The van der Waals surface area contributed by atoms with E-state index in [1.54, 1.807) is 0 Å². The average Bonchev–Trinajstić information content (AvgIpc) is 3.62. The molecule has 4 heterocycles. The zero-order valence-corrected chi connectivity index (χ0v) is 30.0. The van der Waals surface area contributed by atoms with Crippen LogP contribution in [0.2, 0.25) is 0 Å². The number of benzene rings is 2. The predicted octanol–water partition coefficient (Wildman–Crippen LogP) is 8.96. The van der Waals surface area contributed by atoms with Crippen LogP contribution in [0.3, 0.4) is 0 Å². The monoisotopic (exact) mass is 789 g/mol. The summed E-state index contributed by atoms with van der Waals surface area (Å²) < 4.78 is 4.07. The summed E-state index contributed by atoms with van der Waals surface area (Å²) in [7, 11) is 0. The zero-order chi connectivity index (χ0) is 32.0. The van der Waals surface area contributed by atoms with E-state index in [0.29, 0.717) is 0 Å². The SMILES string of the molecule is Cc1c(C(C)(C)C)n[c-]n1-c1cccc([N+](c2ccccc2)(c2ccccc2)c2cccc(-n3[c-]nc(C(C)(C)C)c3C)n2)n1.[Pt+2]. The van der Waals surface area contributed by atoms with Crippen LogP contribution in [0.4, 0.5) is 23.0 Å². The largest absolute Gasteiger partial charge is 2.00 e. The Kier molecular flexibility index (Phi) is 9.05. The second kappa shape index (κ2) is 12.5. The molecular formula is C38H40N7Pt+. The molecule has 236 valence electrons. The van der Waals surface area contributed by atoms with E-state index in [9.17, 15) is 0 Å². The van der Waals surface area contributed by atoms with Crippen molar-refractivity contribution in [2.75, 3.05) is 0 Å². The Balaban J connectivity index is 0.00000417. The van der Waals surface area contributed by atoms with Crippen molar-refractivity contribution in [3.8, 4) is 11.6 Å². The Labute approximate surface area is 286 Å². The van der Waals surface area contributed by atoms with E-state index in [2.05, 4.69) is 139 Å². The Morgan fingerprint density at radius 3 is 1.22 bits per heavy atom. The molecule has 0 spiro atoms. The Bertz CT molecular complexity index is 1800. The molecule has 0 amide bonds. The van der Waals surface area contributed by atoms with Gasteiger partial charge in [0.1, 0.15) is 0 Å². The number of imidazole rings is 2. The minimum atomic E-state index is -0.114. The summed E-state index contributed by atoms with van der Waals surface area (Å²) in [5.74, 6) is 3.06. The molecule has 7 nitrogen and oxygen atoms in total. The third-order valence-electron chi connectivity index (χ3n) is 8.17. The molecule has 0 atom stereocenters. The van der Waals surface area contributed by atoms with Crippen LogP contribution in [0, 0.1) is 26.5 Å². The minimum Gasteiger partial charge on any atom is -0.415 e. The number of hydrogen-bond donors (Lipinski definition) is 0. The number of rotatable bonds is 6. The molecule has 0 saturated carbocycles. The van der Waals surface area contributed by atoms with E-state index in [-0.39, 0.29) is 36.4 Å². The van der Waals surface area contributed by atoms with Crippen molar-refractivity contribution < 1.29 is 21.1 Å². The minimum absolute atomic E-state index is 0. The van der Waals surface area contributed by atoms with Gasteiger partial charge < -0.3 is 19.1 Å². The first-order chi connectivity index (χ1) is 21.4. The maximum atomic E-state index is 5.35. The molecule has 0 N–H and O–H groups in total. The molecule has 0 radical (unpaired) electrons. The summed E-state index contributed by atoms with van der Waals surface area (Å²) in [6, 6.07) is 33.1. The molecule has 0 aliphatic rings. The summed E-state index contributed by atoms with van der Waals surface area (Å²) >= 11 is 0. The summed E-state index contributed by atoms with van der Waals surface area (Å²) in [4.78, 5) is 20.0. The molecule has 0 fully saturated rings. The van der Waals surface area contributed by atoms with Crippen LogP contribution in [-0.2, 0) is 31.9 Å². The van der Waals surface area contributed by atoms with E-state index in [4.69, 9.17) is 9.97 Å². The molecule has 6 rings (SSSR count). The van der Waals surface area contributed by atoms with Gasteiger partial charge in [0.2, 0.25) is 11.6 Å². The number of nitrogens with zero attached hydrogens (tertiary/aromatic N) is 7. The van der Waals surface area contributed by atoms with Crippen LogP contribution in [0.1, 0.15) is 64.3 Å². The zero-order valence-electron chi connectivity index (χ0n) is 27.7. The maximum Gasteiger partial charge on any atom is 2.00 e. The Morgan fingerprint density at radius 2 is 0.891 bits per heavy atom. The second-order valence-corrected chi connectivity index (χ2v) is 13.5. The van der Waals surface area contributed by atoms with E-state index < -0.39 is 0 Å². The molecule has 0 saturated heterocycles. The van der Waals surface area contributed by atoms with Crippen LogP contribution in [-0.4, -0.2) is 29.1 Å². The molecule has 0 unspecified atom stereocenters. The molecule has 2 aromatic carbocycles. The number of quaternary nitrogens is 1. The van der Waals surface area contributed by atoms with Gasteiger partial charge in [0.05, 0.1) is 11.6 Å². The molecule has 6 aromatic rings. The van der Waals surface area contributed by atoms with Crippen molar-refractivity contribution in [2.45, 2.75) is 66.2 Å². The second-order valence-electron chi connectivity index (χ2n) is 13.5. The third-order valence-corrected chi connectivity index (χ3v) is 8.17. The first-order valence-electron chi connectivity index (χ1n) is 15.3. The van der Waals surface area contributed by atoms with Crippen molar-refractivity contribution >= 4 is 23.0 Å². The fraction of sp³-hybridized carbons (Fsp3) is 0.263. The topological polar surface area (TPSA) is 61.4 Å². The van der Waals surface area contributed by atoms with E-state index in [1.807, 2.05) is 45.5 Å². The van der Waals surface area contributed by atoms with Gasteiger partial charge in [-0.05, 0) is 22.2 Å². The molecule has 0 aliphatic carbocycles. The molecular weight excluding hydrogens is 750 g/mol. The van der Waals surface area contributed by atoms with Crippen LogP contribution in [0.25, 0.3) is 11.6 Å². The fourth-order valence-corrected chi connectivity index (χ4v) is 6.14. The van der Waals surface area contributed by atoms with Gasteiger partial charge in [-0.1, -0.05) is 127 Å². The number of pyridine rings is 2. The van der Waals surface area contributed by atoms with E-state index >= 15 is 0 Å². The maximum absolute atomic E-state index is 5.35. The quantitative estimate of drug-likeness (QED) is 0.125. The summed E-state index contributed by atoms with van der Waals surface area (Å²) in [6.07, 6.45) is 6.43. The van der Waals surface area contributed by atoms with Crippen molar-refractivity contribution in [2.24, 2.45) is 0 Å². The van der Waals surface area contributed by atoms with Gasteiger partial charge in [-0.25, -0.2) is 9.97 Å². The smallest absolute Gasteiger partial charge is 0.415 e. The van der Waals surface area contributed by atoms with Crippen molar-refractivity contribution in [1.29, 1.82) is 0 Å². The summed E-state index contributed by atoms with van der Waals surface area (Å²) in [6.45, 7) is 17.2. The molecule has 46 heavy (non-hydrogen) atoms. The predicted molar refractivity (Wildman–Crippen MR) is 181 cm³/mol. The van der Waals surface area contributed by atoms with Crippen LogP contribution < -0.4 is 4.48 Å². The normalized spacial score (nSPS) is 12.2. The van der Waals surface area contributed by atoms with Crippen LogP contribution in [0.15, 0.2) is 97.1 Å². The standard InChI is InChI=1S/C38H40N7.Pt/c1-27-35(37(3,4)5)39-25-43(27)31-21-15-23-33(41-31)45(29-17-11-9-12-18-29,30-19-13-10-14-20-30)34-24-16-22-32(42-34)44-26-40-36(28(44)2)38(6,7)8;/h9-24H,1-8H3;/q-1;+2. The van der Waals surface area contributed by atoms with Gasteiger partial charge in [-0.3, -0.25) is 0 Å². The summed E-state index contributed by atoms with van der Waals surface area (Å²) in [5.41, 5.74) is 5.81. The first-order valence-corrected chi connectivity index (χ1v) is 15.3. The third kappa shape index (κ3) is 5.78. The van der Waals surface area contributed by atoms with Crippen LogP contribution in [0.5, 0.6) is 0 Å². The average molecular weight is 790 g/mol. The number of hydrogen-bond acceptors (Lipinski definition) is 4. The number of aromatic nitrogens is 6. The molecule has 8 heteroatoms. The van der Waals surface area contributed by atoms with Gasteiger partial charge in [-0.2, -0.15) is 4.48 Å². The summed E-state index contributed by atoms with van der Waals surface area (Å²) in [5, 5.41) is 0. The molecule has 4 aromatic heterocycles. The van der Waals surface area contributed by atoms with Crippen molar-refractivity contribution in [3.05, 3.63) is 132 Å². The molecule has 0 bridgehead atoms. The Hall–Kier alpha value is -4.19. The van der Waals surface area contributed by atoms with Gasteiger partial charge in [-0.15, -0.1) is 0 Å². The van der Waals surface area contributed by atoms with E-state index in [0.717, 1.165) is 57.4 Å². The van der Waals surface area contributed by atoms with Gasteiger partial charge in [0.25, 0.3) is 0 Å². The van der Waals surface area contributed by atoms with Crippen LogP contribution >= 0.6 is 0 Å². The van der Waals surface area contributed by atoms with Gasteiger partial charge in [0.15, 0.2) is 11.4 Å². The van der Waals surface area contributed by atoms with E-state index in [1.165, 1.54) is 0 Å². The first kappa shape index (κ1) is 33.2. The molecule has 0 aliphatic heterocycles. The van der Waals surface area contributed by atoms with Crippen molar-refractivity contribution in [1.82, 2.24) is 33.6 Å². The fourth-order valence-electron chi connectivity index (χ4n) is 6.14. The Morgan fingerprint density at radius 1 is 0.522 bits per heavy atom. The van der Waals surface area contributed by atoms with Crippen molar-refractivity contribution in [3.63, 3.8) is 0 Å².